The zero-order chi connectivity index (χ0) is 18.8. The van der Waals surface area contributed by atoms with Gasteiger partial charge in [0.05, 0.1) is 17.5 Å². The molecule has 0 aliphatic carbocycles. The first-order chi connectivity index (χ1) is 12.4. The zero-order valence-corrected chi connectivity index (χ0v) is 16.2. The van der Waals surface area contributed by atoms with Crippen LogP contribution in [-0.4, -0.2) is 39.5 Å². The molecule has 2 amide bonds. The van der Waals surface area contributed by atoms with Gasteiger partial charge >= 0.3 is 0 Å². The van der Waals surface area contributed by atoms with Gasteiger partial charge in [-0.25, -0.2) is 0 Å². The van der Waals surface area contributed by atoms with Crippen molar-refractivity contribution in [3.63, 3.8) is 0 Å². The Balaban J connectivity index is 1.75. The topological polar surface area (TPSA) is 75.4 Å². The summed E-state index contributed by atoms with van der Waals surface area (Å²) in [5.74, 6) is 1.13. The number of nitrogens with one attached hydrogen (secondary N) is 1. The third-order valence-electron chi connectivity index (χ3n) is 4.65. The molecule has 0 saturated carbocycles. The van der Waals surface area contributed by atoms with Crippen molar-refractivity contribution in [2.75, 3.05) is 16.9 Å². The summed E-state index contributed by atoms with van der Waals surface area (Å²) in [6.07, 6.45) is 0. The van der Waals surface area contributed by atoms with Crippen LogP contribution >= 0.6 is 11.8 Å². The predicted octanol–water partition coefficient (Wildman–Crippen LogP) is 3.24. The maximum Gasteiger partial charge on any atom is 0.248 e. The van der Waals surface area contributed by atoms with Gasteiger partial charge in [0.15, 0.2) is 0 Å². The van der Waals surface area contributed by atoms with Gasteiger partial charge in [-0.15, -0.1) is 11.8 Å². The maximum absolute atomic E-state index is 13.0. The van der Waals surface area contributed by atoms with Crippen LogP contribution in [0.5, 0.6) is 0 Å². The van der Waals surface area contributed by atoms with E-state index in [1.807, 2.05) is 45.0 Å². The molecule has 1 aromatic carbocycles. The number of thioether (sulfide) groups is 1. The van der Waals surface area contributed by atoms with E-state index in [1.54, 1.807) is 23.6 Å². The van der Waals surface area contributed by atoms with E-state index < -0.39 is 12.0 Å². The Kier molecular flexibility index (Phi) is 5.36. The second-order valence-electron chi connectivity index (χ2n) is 6.64. The van der Waals surface area contributed by atoms with Crippen molar-refractivity contribution in [2.45, 2.75) is 39.7 Å². The van der Waals surface area contributed by atoms with Crippen molar-refractivity contribution in [3.8, 4) is 0 Å². The molecule has 0 unspecified atom stereocenters. The molecule has 7 heteroatoms. The smallest absolute Gasteiger partial charge is 0.248 e. The number of hydrogen-bond acceptors (Lipinski definition) is 5. The second kappa shape index (κ2) is 7.53. The minimum Gasteiger partial charge on any atom is -0.361 e. The average molecular weight is 373 g/mol. The van der Waals surface area contributed by atoms with Gasteiger partial charge in [-0.3, -0.25) is 9.59 Å². The van der Waals surface area contributed by atoms with E-state index in [0.717, 1.165) is 22.5 Å². The first-order valence-corrected chi connectivity index (χ1v) is 9.72. The summed E-state index contributed by atoms with van der Waals surface area (Å²) >= 11 is 1.59. The van der Waals surface area contributed by atoms with E-state index in [9.17, 15) is 9.59 Å². The fraction of sp³-hybridized carbons (Fsp3) is 0.421. The highest BCUT2D eigenvalue weighted by Gasteiger charge is 2.38. The summed E-state index contributed by atoms with van der Waals surface area (Å²) in [5, 5.41) is 6.86. The summed E-state index contributed by atoms with van der Waals surface area (Å²) in [7, 11) is 0. The highest BCUT2D eigenvalue weighted by Crippen LogP contribution is 2.30. The standard InChI is InChI=1S/C19H23N3O3S/c1-11-6-5-7-15(8-11)20-18(23)16-9-26-10-22(16)19(24)12(2)17-13(3)21-25-14(17)4/h5-8,12,16H,9-10H2,1-4H3,(H,20,23)/t12-,16-/m1/s1. The van der Waals surface area contributed by atoms with Gasteiger partial charge in [0, 0.05) is 17.0 Å². The number of aromatic nitrogens is 1. The van der Waals surface area contributed by atoms with E-state index >= 15 is 0 Å². The van der Waals surface area contributed by atoms with E-state index in [4.69, 9.17) is 4.52 Å². The normalized spacial score (nSPS) is 18.0. The molecule has 1 fully saturated rings. The molecule has 1 aromatic heterocycles. The first kappa shape index (κ1) is 18.5. The van der Waals surface area contributed by atoms with Crippen molar-refractivity contribution in [2.24, 2.45) is 0 Å². The predicted molar refractivity (Wildman–Crippen MR) is 102 cm³/mol. The van der Waals surface area contributed by atoms with Gasteiger partial charge in [0.25, 0.3) is 0 Å². The van der Waals surface area contributed by atoms with Crippen LogP contribution in [0.2, 0.25) is 0 Å². The Labute approximate surface area is 157 Å². The van der Waals surface area contributed by atoms with Crippen molar-refractivity contribution >= 4 is 29.3 Å². The molecule has 138 valence electrons. The third-order valence-corrected chi connectivity index (χ3v) is 5.66. The van der Waals surface area contributed by atoms with Gasteiger partial charge in [0.2, 0.25) is 11.8 Å². The lowest BCUT2D eigenvalue weighted by atomic mass is 9.97. The molecule has 1 N–H and O–H groups in total. The minimum absolute atomic E-state index is 0.0752. The molecule has 6 nitrogen and oxygen atoms in total. The van der Waals surface area contributed by atoms with Crippen LogP contribution in [0.4, 0.5) is 5.69 Å². The third kappa shape index (κ3) is 3.62. The van der Waals surface area contributed by atoms with Crippen LogP contribution in [-0.2, 0) is 9.59 Å². The lowest BCUT2D eigenvalue weighted by Crippen LogP contribution is -2.46. The number of amides is 2. The maximum atomic E-state index is 13.0. The second-order valence-corrected chi connectivity index (χ2v) is 7.64. The summed E-state index contributed by atoms with van der Waals surface area (Å²) in [4.78, 5) is 27.4. The van der Waals surface area contributed by atoms with Gasteiger partial charge in [0.1, 0.15) is 11.8 Å². The van der Waals surface area contributed by atoms with Crippen molar-refractivity contribution < 1.29 is 14.1 Å². The largest absolute Gasteiger partial charge is 0.361 e. The summed E-state index contributed by atoms with van der Waals surface area (Å²) in [6, 6.07) is 7.17. The lowest BCUT2D eigenvalue weighted by molar-refractivity contribution is -0.137. The molecule has 2 aromatic rings. The lowest BCUT2D eigenvalue weighted by Gasteiger charge is -2.26. The molecule has 1 aliphatic rings. The molecular formula is C19H23N3O3S. The number of benzene rings is 1. The molecule has 0 bridgehead atoms. The zero-order valence-electron chi connectivity index (χ0n) is 15.4. The molecule has 2 heterocycles. The first-order valence-electron chi connectivity index (χ1n) is 8.57. The van der Waals surface area contributed by atoms with Gasteiger partial charge in [-0.2, -0.15) is 0 Å². The van der Waals surface area contributed by atoms with Crippen LogP contribution in [0.15, 0.2) is 28.8 Å². The van der Waals surface area contributed by atoms with E-state index in [0.29, 0.717) is 17.4 Å². The van der Waals surface area contributed by atoms with Gasteiger partial charge in [-0.05, 0) is 45.4 Å². The molecule has 0 radical (unpaired) electrons. The fourth-order valence-corrected chi connectivity index (χ4v) is 4.47. The molecule has 0 spiro atoms. The Morgan fingerprint density at radius 2 is 2.12 bits per heavy atom. The van der Waals surface area contributed by atoms with Crippen LogP contribution < -0.4 is 5.32 Å². The van der Waals surface area contributed by atoms with E-state index in [1.165, 1.54) is 0 Å². The number of carbonyl (C=O) groups excluding carboxylic acids is 2. The van der Waals surface area contributed by atoms with Crippen LogP contribution in [0, 0.1) is 20.8 Å². The van der Waals surface area contributed by atoms with E-state index in [2.05, 4.69) is 10.5 Å². The number of anilines is 1. The number of aryl methyl sites for hydroxylation is 3. The quantitative estimate of drug-likeness (QED) is 0.890. The van der Waals surface area contributed by atoms with Gasteiger partial charge < -0.3 is 14.7 Å². The minimum atomic E-state index is -0.476. The molecule has 2 atom stereocenters. The molecular weight excluding hydrogens is 350 g/mol. The van der Waals surface area contributed by atoms with E-state index in [-0.39, 0.29) is 11.8 Å². The van der Waals surface area contributed by atoms with Crippen LogP contribution in [0.1, 0.15) is 35.4 Å². The highest BCUT2D eigenvalue weighted by atomic mass is 32.2. The summed E-state index contributed by atoms with van der Waals surface area (Å²) < 4.78 is 5.19. The average Bonchev–Trinajstić information content (AvgIpc) is 3.20. The Morgan fingerprint density at radius 1 is 1.35 bits per heavy atom. The Hall–Kier alpha value is -2.28. The molecule has 26 heavy (non-hydrogen) atoms. The highest BCUT2D eigenvalue weighted by molar-refractivity contribution is 7.99. The Morgan fingerprint density at radius 3 is 2.77 bits per heavy atom. The number of nitrogens with zero attached hydrogens (tertiary/aromatic N) is 2. The van der Waals surface area contributed by atoms with Gasteiger partial charge in [-0.1, -0.05) is 17.3 Å². The SMILES string of the molecule is Cc1cccc(NC(=O)[C@H]2CSCN2C(=O)[C@H](C)c2c(C)noc2C)c1. The fourth-order valence-electron chi connectivity index (χ4n) is 3.31. The Bertz CT molecular complexity index is 814. The monoisotopic (exact) mass is 373 g/mol. The number of rotatable bonds is 4. The van der Waals surface area contributed by atoms with Crippen molar-refractivity contribution in [1.29, 1.82) is 0 Å². The molecule has 1 saturated heterocycles. The molecule has 1 aliphatic heterocycles. The van der Waals surface area contributed by atoms with Crippen molar-refractivity contribution in [1.82, 2.24) is 10.1 Å². The molecule has 3 rings (SSSR count). The van der Waals surface area contributed by atoms with Crippen LogP contribution in [0.25, 0.3) is 0 Å². The van der Waals surface area contributed by atoms with Crippen LogP contribution in [0.3, 0.4) is 0 Å². The summed E-state index contributed by atoms with van der Waals surface area (Å²) in [5.41, 5.74) is 3.35. The number of carbonyl (C=O) groups is 2. The summed E-state index contributed by atoms with van der Waals surface area (Å²) in [6.45, 7) is 7.45. The van der Waals surface area contributed by atoms with Crippen molar-refractivity contribution in [3.05, 3.63) is 46.8 Å². The number of hydrogen-bond donors (Lipinski definition) is 1.